The van der Waals surface area contributed by atoms with E-state index in [1.807, 2.05) is 24.3 Å². The summed E-state index contributed by atoms with van der Waals surface area (Å²) in [6.45, 7) is 6.14. The average molecular weight is 481 g/mol. The minimum atomic E-state index is -1.19. The van der Waals surface area contributed by atoms with Crippen molar-refractivity contribution in [3.8, 4) is 11.5 Å². The van der Waals surface area contributed by atoms with Crippen LogP contribution in [0.4, 0.5) is 5.69 Å². The molecule has 0 unspecified atom stereocenters. The highest BCUT2D eigenvalue weighted by atomic mass is 32.2. The number of nitrogens with one attached hydrogen (secondary N) is 1. The summed E-state index contributed by atoms with van der Waals surface area (Å²) in [7, 11) is 2.85. The van der Waals surface area contributed by atoms with Crippen LogP contribution in [0.1, 0.15) is 27.0 Å². The highest BCUT2D eigenvalue weighted by Gasteiger charge is 2.19. The van der Waals surface area contributed by atoms with Gasteiger partial charge in [0.25, 0.3) is 0 Å². The number of hydrogen-bond donors (Lipinski definition) is 2. The van der Waals surface area contributed by atoms with E-state index in [2.05, 4.69) is 34.6 Å². The first-order valence-corrected chi connectivity index (χ1v) is 11.4. The molecule has 0 aliphatic rings. The summed E-state index contributed by atoms with van der Waals surface area (Å²) >= 11 is 1.22. The quantitative estimate of drug-likeness (QED) is 0.377. The molecule has 1 amide bonds. The first-order valence-electron chi connectivity index (χ1n) is 10.4. The van der Waals surface area contributed by atoms with Gasteiger partial charge in [-0.3, -0.25) is 9.20 Å². The molecule has 0 radical (unpaired) electrons. The second-order valence-electron chi connectivity index (χ2n) is 7.88. The monoisotopic (exact) mass is 480 g/mol. The Bertz CT molecular complexity index is 1450. The molecule has 4 rings (SSSR count). The van der Waals surface area contributed by atoms with E-state index >= 15 is 0 Å². The molecule has 2 heterocycles. The highest BCUT2D eigenvalue weighted by molar-refractivity contribution is 7.99. The molecular weight excluding hydrogens is 456 g/mol. The standard InChI is InChI=1S/C24H24N4O5S/c1-12-6-14(3)22-15(7-12)13(2)8-20-26-27-24(28(20)22)34-11-21(29)25-17-10-19(33-5)18(32-4)9-16(17)23(30)31/h6-10H,11H2,1-5H3,(H,25,29)(H,30,31). The molecule has 0 atom stereocenters. The van der Waals surface area contributed by atoms with Crippen molar-refractivity contribution in [3.63, 3.8) is 0 Å². The van der Waals surface area contributed by atoms with Crippen molar-refractivity contribution in [1.82, 2.24) is 14.6 Å². The Morgan fingerprint density at radius 1 is 1.00 bits per heavy atom. The number of methoxy groups -OCH3 is 2. The number of carbonyl (C=O) groups excluding carboxylic acids is 1. The molecule has 0 spiro atoms. The molecule has 10 heteroatoms. The van der Waals surface area contributed by atoms with E-state index in [9.17, 15) is 14.7 Å². The number of carboxylic acids is 1. The van der Waals surface area contributed by atoms with Crippen LogP contribution in [0.25, 0.3) is 16.6 Å². The molecule has 4 aromatic rings. The molecule has 0 bridgehead atoms. The van der Waals surface area contributed by atoms with Gasteiger partial charge in [0.05, 0.1) is 36.7 Å². The summed E-state index contributed by atoms with van der Waals surface area (Å²) in [6, 6.07) is 8.95. The zero-order valence-corrected chi connectivity index (χ0v) is 20.2. The molecule has 34 heavy (non-hydrogen) atoms. The summed E-state index contributed by atoms with van der Waals surface area (Å²) in [5.74, 6) is -1.00. The average Bonchev–Trinajstić information content (AvgIpc) is 3.19. The maximum Gasteiger partial charge on any atom is 0.337 e. The summed E-state index contributed by atoms with van der Waals surface area (Å²) in [6.07, 6.45) is 0. The third-order valence-corrected chi connectivity index (χ3v) is 6.39. The first kappa shape index (κ1) is 23.4. The van der Waals surface area contributed by atoms with Gasteiger partial charge in [-0.2, -0.15) is 0 Å². The van der Waals surface area contributed by atoms with Gasteiger partial charge in [-0.1, -0.05) is 23.4 Å². The smallest absolute Gasteiger partial charge is 0.337 e. The predicted octanol–water partition coefficient (Wildman–Crippen LogP) is 4.25. The second kappa shape index (κ2) is 9.22. The number of hydrogen-bond acceptors (Lipinski definition) is 7. The maximum absolute atomic E-state index is 12.7. The fourth-order valence-corrected chi connectivity index (χ4v) is 4.73. The number of ether oxygens (including phenoxy) is 2. The zero-order chi connectivity index (χ0) is 24.6. The van der Waals surface area contributed by atoms with Gasteiger partial charge in [0.2, 0.25) is 5.91 Å². The lowest BCUT2D eigenvalue weighted by Crippen LogP contribution is -2.17. The number of amides is 1. The highest BCUT2D eigenvalue weighted by Crippen LogP contribution is 2.34. The van der Waals surface area contributed by atoms with E-state index in [1.165, 1.54) is 43.7 Å². The van der Waals surface area contributed by atoms with Crippen LogP contribution in [-0.2, 0) is 4.79 Å². The minimum absolute atomic E-state index is 0.00841. The molecule has 0 saturated carbocycles. The molecule has 0 fully saturated rings. The van der Waals surface area contributed by atoms with E-state index in [0.29, 0.717) is 16.6 Å². The lowest BCUT2D eigenvalue weighted by molar-refractivity contribution is -0.113. The van der Waals surface area contributed by atoms with Crippen LogP contribution in [0.5, 0.6) is 11.5 Å². The number of fused-ring (bicyclic) bond motifs is 3. The Labute approximate surface area is 200 Å². The summed E-state index contributed by atoms with van der Waals surface area (Å²) in [5.41, 5.74) is 5.08. The topological polar surface area (TPSA) is 115 Å². The van der Waals surface area contributed by atoms with Crippen LogP contribution >= 0.6 is 11.8 Å². The Morgan fingerprint density at radius 3 is 2.38 bits per heavy atom. The van der Waals surface area contributed by atoms with Crippen LogP contribution in [0.3, 0.4) is 0 Å². The van der Waals surface area contributed by atoms with E-state index in [1.54, 1.807) is 0 Å². The van der Waals surface area contributed by atoms with Crippen molar-refractivity contribution in [2.24, 2.45) is 0 Å². The molecule has 0 saturated heterocycles. The number of carbonyl (C=O) groups is 2. The molecule has 2 aromatic carbocycles. The summed E-state index contributed by atoms with van der Waals surface area (Å²) in [5, 5.41) is 22.5. The summed E-state index contributed by atoms with van der Waals surface area (Å²) in [4.78, 5) is 24.4. The first-order chi connectivity index (χ1) is 16.2. The minimum Gasteiger partial charge on any atom is -0.493 e. The fraction of sp³-hybridized carbons (Fsp3) is 0.250. The van der Waals surface area contributed by atoms with Crippen molar-refractivity contribution in [1.29, 1.82) is 0 Å². The third-order valence-electron chi connectivity index (χ3n) is 5.46. The largest absolute Gasteiger partial charge is 0.493 e. The van der Waals surface area contributed by atoms with E-state index in [-0.39, 0.29) is 28.7 Å². The molecule has 176 valence electrons. The van der Waals surface area contributed by atoms with Crippen molar-refractivity contribution in [2.45, 2.75) is 25.9 Å². The Hall–Kier alpha value is -3.79. The molecule has 0 aliphatic heterocycles. The Morgan fingerprint density at radius 2 is 1.71 bits per heavy atom. The number of nitrogens with zero attached hydrogens (tertiary/aromatic N) is 3. The van der Waals surface area contributed by atoms with Gasteiger partial charge in [0.1, 0.15) is 0 Å². The van der Waals surface area contributed by atoms with Crippen LogP contribution in [0.2, 0.25) is 0 Å². The fourth-order valence-electron chi connectivity index (χ4n) is 3.98. The van der Waals surface area contributed by atoms with Gasteiger partial charge in [-0.15, -0.1) is 10.2 Å². The van der Waals surface area contributed by atoms with E-state index in [0.717, 1.165) is 22.0 Å². The number of thioether (sulfide) groups is 1. The van der Waals surface area contributed by atoms with Crippen molar-refractivity contribution in [2.75, 3.05) is 25.3 Å². The SMILES string of the molecule is COc1cc(NC(=O)CSc2nnc3cc(C)c4cc(C)cc(C)c4n23)c(C(=O)O)cc1OC. The number of aromatic nitrogens is 3. The van der Waals surface area contributed by atoms with Gasteiger partial charge in [-0.05, 0) is 44.0 Å². The number of benzene rings is 2. The van der Waals surface area contributed by atoms with Crippen LogP contribution in [0.15, 0.2) is 35.5 Å². The lowest BCUT2D eigenvalue weighted by atomic mass is 10.0. The lowest BCUT2D eigenvalue weighted by Gasteiger charge is -2.14. The maximum atomic E-state index is 12.7. The number of pyridine rings is 1. The predicted molar refractivity (Wildman–Crippen MR) is 131 cm³/mol. The van der Waals surface area contributed by atoms with Crippen molar-refractivity contribution >= 4 is 45.9 Å². The third kappa shape index (κ3) is 4.24. The number of aryl methyl sites for hydroxylation is 3. The number of anilines is 1. The second-order valence-corrected chi connectivity index (χ2v) is 8.82. The Kier molecular flexibility index (Phi) is 6.34. The molecule has 9 nitrogen and oxygen atoms in total. The molecule has 2 aromatic heterocycles. The molecular formula is C24H24N4O5S. The van der Waals surface area contributed by atoms with Crippen molar-refractivity contribution < 1.29 is 24.2 Å². The Balaban J connectivity index is 1.63. The van der Waals surface area contributed by atoms with Gasteiger partial charge in [-0.25, -0.2) is 4.79 Å². The number of rotatable bonds is 7. The van der Waals surface area contributed by atoms with Gasteiger partial charge >= 0.3 is 5.97 Å². The summed E-state index contributed by atoms with van der Waals surface area (Å²) < 4.78 is 12.3. The van der Waals surface area contributed by atoms with E-state index < -0.39 is 5.97 Å². The van der Waals surface area contributed by atoms with Crippen molar-refractivity contribution in [3.05, 3.63) is 52.6 Å². The zero-order valence-electron chi connectivity index (χ0n) is 19.4. The number of carboxylic acid groups (broad SMARTS) is 1. The van der Waals surface area contributed by atoms with Gasteiger partial charge in [0, 0.05) is 17.5 Å². The molecule has 0 aliphatic carbocycles. The normalized spacial score (nSPS) is 11.1. The molecule has 2 N–H and O–H groups in total. The van der Waals surface area contributed by atoms with Crippen LogP contribution < -0.4 is 14.8 Å². The van der Waals surface area contributed by atoms with Gasteiger partial charge in [0.15, 0.2) is 22.3 Å². The van der Waals surface area contributed by atoms with Crippen LogP contribution in [-0.4, -0.2) is 51.6 Å². The number of aromatic carboxylic acids is 1. The van der Waals surface area contributed by atoms with Gasteiger partial charge < -0.3 is 19.9 Å². The van der Waals surface area contributed by atoms with E-state index in [4.69, 9.17) is 9.47 Å². The van der Waals surface area contributed by atoms with Crippen LogP contribution in [0, 0.1) is 20.8 Å².